The zero-order chi connectivity index (χ0) is 15.5. The predicted octanol–water partition coefficient (Wildman–Crippen LogP) is 4.32. The van der Waals surface area contributed by atoms with Crippen LogP contribution in [0.4, 0.5) is 5.82 Å². The van der Waals surface area contributed by atoms with Crippen LogP contribution in [-0.2, 0) is 0 Å². The van der Waals surface area contributed by atoms with Gasteiger partial charge in [0.15, 0.2) is 0 Å². The number of hydrogen-bond donors (Lipinski definition) is 1. The summed E-state index contributed by atoms with van der Waals surface area (Å²) >= 11 is 5.82. The highest BCUT2D eigenvalue weighted by Gasteiger charge is 2.07. The van der Waals surface area contributed by atoms with Crippen molar-refractivity contribution < 1.29 is 4.74 Å². The molecule has 1 aromatic carbocycles. The Balaban J connectivity index is 2.06. The van der Waals surface area contributed by atoms with Crippen molar-refractivity contribution in [2.24, 2.45) is 0 Å². The Kier molecular flexibility index (Phi) is 4.11. The van der Waals surface area contributed by atoms with Crippen molar-refractivity contribution in [2.75, 3.05) is 12.3 Å². The minimum Gasteiger partial charge on any atom is -0.494 e. The van der Waals surface area contributed by atoms with Gasteiger partial charge in [-0.1, -0.05) is 18.5 Å². The number of pyridine rings is 2. The third-order valence-corrected chi connectivity index (χ3v) is 3.55. The number of halogens is 1. The van der Waals surface area contributed by atoms with E-state index in [1.54, 1.807) is 12.3 Å². The number of hydrogen-bond acceptors (Lipinski definition) is 4. The molecule has 0 atom stereocenters. The van der Waals surface area contributed by atoms with Crippen molar-refractivity contribution in [1.82, 2.24) is 9.97 Å². The highest BCUT2D eigenvalue weighted by atomic mass is 35.5. The van der Waals surface area contributed by atoms with E-state index in [4.69, 9.17) is 22.1 Å². The van der Waals surface area contributed by atoms with Crippen LogP contribution in [0.25, 0.3) is 22.0 Å². The van der Waals surface area contributed by atoms with Gasteiger partial charge >= 0.3 is 0 Å². The Morgan fingerprint density at radius 2 is 2.05 bits per heavy atom. The van der Waals surface area contributed by atoms with Crippen LogP contribution in [0.2, 0.25) is 5.15 Å². The number of rotatable bonds is 4. The monoisotopic (exact) mass is 313 g/mol. The minimum absolute atomic E-state index is 0.452. The van der Waals surface area contributed by atoms with E-state index in [1.807, 2.05) is 30.3 Å². The Hall–Kier alpha value is -2.33. The van der Waals surface area contributed by atoms with Gasteiger partial charge in [-0.2, -0.15) is 0 Å². The van der Waals surface area contributed by atoms with Crippen molar-refractivity contribution in [3.63, 3.8) is 0 Å². The van der Waals surface area contributed by atoms with E-state index in [0.717, 1.165) is 34.2 Å². The van der Waals surface area contributed by atoms with Crippen LogP contribution >= 0.6 is 11.6 Å². The smallest absolute Gasteiger partial charge is 0.131 e. The Morgan fingerprint density at radius 1 is 1.18 bits per heavy atom. The molecule has 0 aliphatic heterocycles. The Bertz CT molecular complexity index is 803. The molecule has 3 aromatic rings. The van der Waals surface area contributed by atoms with E-state index in [0.29, 0.717) is 17.6 Å². The lowest BCUT2D eigenvalue weighted by atomic mass is 10.1. The average Bonchev–Trinajstić information content (AvgIpc) is 2.53. The first kappa shape index (κ1) is 14.6. The molecule has 0 saturated heterocycles. The van der Waals surface area contributed by atoms with Crippen LogP contribution in [0, 0.1) is 0 Å². The largest absolute Gasteiger partial charge is 0.494 e. The third kappa shape index (κ3) is 2.97. The molecule has 112 valence electrons. The van der Waals surface area contributed by atoms with E-state index in [2.05, 4.69) is 16.9 Å². The summed E-state index contributed by atoms with van der Waals surface area (Å²) in [6, 6.07) is 11.4. The number of nitrogens with zero attached hydrogens (tertiary/aromatic N) is 2. The van der Waals surface area contributed by atoms with Crippen LogP contribution in [0.3, 0.4) is 0 Å². The molecule has 2 aromatic heterocycles. The number of ether oxygens (including phenoxy) is 1. The van der Waals surface area contributed by atoms with Crippen molar-refractivity contribution >= 4 is 28.2 Å². The first-order valence-electron chi connectivity index (χ1n) is 7.12. The zero-order valence-corrected chi connectivity index (χ0v) is 13.0. The van der Waals surface area contributed by atoms with Gasteiger partial charge in [-0.15, -0.1) is 0 Å². The summed E-state index contributed by atoms with van der Waals surface area (Å²) in [5, 5.41) is 2.35. The average molecular weight is 314 g/mol. The molecule has 4 nitrogen and oxygen atoms in total. The third-order valence-electron chi connectivity index (χ3n) is 3.33. The van der Waals surface area contributed by atoms with Crippen LogP contribution in [0.1, 0.15) is 13.3 Å². The lowest BCUT2D eigenvalue weighted by molar-refractivity contribution is 0.318. The number of nitrogen functional groups attached to an aromatic ring is 1. The Labute approximate surface area is 133 Å². The van der Waals surface area contributed by atoms with Crippen LogP contribution < -0.4 is 10.5 Å². The molecule has 0 unspecified atom stereocenters. The molecule has 3 rings (SSSR count). The summed E-state index contributed by atoms with van der Waals surface area (Å²) in [5.74, 6) is 1.32. The van der Waals surface area contributed by atoms with Gasteiger partial charge < -0.3 is 10.5 Å². The number of fused-ring (bicyclic) bond motifs is 1. The molecule has 0 saturated carbocycles. The quantitative estimate of drug-likeness (QED) is 0.729. The van der Waals surface area contributed by atoms with Gasteiger partial charge in [-0.25, -0.2) is 9.97 Å². The van der Waals surface area contributed by atoms with Crippen molar-refractivity contribution in [1.29, 1.82) is 0 Å². The maximum absolute atomic E-state index is 6.08. The van der Waals surface area contributed by atoms with Gasteiger partial charge in [0.2, 0.25) is 0 Å². The highest BCUT2D eigenvalue weighted by molar-refractivity contribution is 6.29. The number of nitrogens with two attached hydrogens (primary N) is 1. The summed E-state index contributed by atoms with van der Waals surface area (Å²) < 4.78 is 5.67. The standard InChI is InChI=1S/C17H16ClN3O/c1-2-7-22-13-4-5-14-12(8-13)9-15(21-17(14)19)11-3-6-16(18)20-10-11/h3-6,8-10H,2,7H2,1H3,(H2,19,21). The molecule has 0 fully saturated rings. The molecule has 0 aliphatic carbocycles. The lowest BCUT2D eigenvalue weighted by Crippen LogP contribution is -1.97. The lowest BCUT2D eigenvalue weighted by Gasteiger charge is -2.09. The summed E-state index contributed by atoms with van der Waals surface area (Å²) in [7, 11) is 0. The molecule has 0 radical (unpaired) electrons. The highest BCUT2D eigenvalue weighted by Crippen LogP contribution is 2.29. The molecule has 0 amide bonds. The maximum Gasteiger partial charge on any atom is 0.131 e. The van der Waals surface area contributed by atoms with Crippen molar-refractivity contribution in [2.45, 2.75) is 13.3 Å². The molecule has 0 aliphatic rings. The predicted molar refractivity (Wildman–Crippen MR) is 90.2 cm³/mol. The molecule has 0 spiro atoms. The van der Waals surface area contributed by atoms with Gasteiger partial charge in [-0.05, 0) is 48.2 Å². The fraction of sp³-hybridized carbons (Fsp3) is 0.176. The molecule has 5 heteroatoms. The second-order valence-corrected chi connectivity index (χ2v) is 5.38. The first-order chi connectivity index (χ1) is 10.7. The molecule has 2 heterocycles. The van der Waals surface area contributed by atoms with E-state index in [1.165, 1.54) is 0 Å². The molecule has 2 N–H and O–H groups in total. The molecular formula is C17H16ClN3O. The van der Waals surface area contributed by atoms with Crippen LogP contribution in [0.5, 0.6) is 5.75 Å². The van der Waals surface area contributed by atoms with Crippen molar-refractivity contribution in [3.05, 3.63) is 47.7 Å². The number of aromatic nitrogens is 2. The summed E-state index contributed by atoms with van der Waals surface area (Å²) in [6.45, 7) is 2.77. The van der Waals surface area contributed by atoms with Crippen LogP contribution in [0.15, 0.2) is 42.6 Å². The van der Waals surface area contributed by atoms with E-state index >= 15 is 0 Å². The fourth-order valence-corrected chi connectivity index (χ4v) is 2.36. The van der Waals surface area contributed by atoms with E-state index in [-0.39, 0.29) is 0 Å². The molecular weight excluding hydrogens is 298 g/mol. The Morgan fingerprint density at radius 3 is 2.77 bits per heavy atom. The maximum atomic E-state index is 6.08. The van der Waals surface area contributed by atoms with Gasteiger partial charge in [0.05, 0.1) is 12.3 Å². The van der Waals surface area contributed by atoms with Crippen LogP contribution in [-0.4, -0.2) is 16.6 Å². The van der Waals surface area contributed by atoms with Gasteiger partial charge in [0.25, 0.3) is 0 Å². The number of benzene rings is 1. The summed E-state index contributed by atoms with van der Waals surface area (Å²) in [5.41, 5.74) is 7.71. The zero-order valence-electron chi connectivity index (χ0n) is 12.2. The molecule has 22 heavy (non-hydrogen) atoms. The number of anilines is 1. The first-order valence-corrected chi connectivity index (χ1v) is 7.50. The second kappa shape index (κ2) is 6.20. The minimum atomic E-state index is 0.452. The molecule has 0 bridgehead atoms. The topological polar surface area (TPSA) is 61.0 Å². The summed E-state index contributed by atoms with van der Waals surface area (Å²) in [6.07, 6.45) is 2.66. The van der Waals surface area contributed by atoms with Crippen molar-refractivity contribution in [3.8, 4) is 17.0 Å². The van der Waals surface area contributed by atoms with Gasteiger partial charge in [-0.3, -0.25) is 0 Å². The normalized spacial score (nSPS) is 10.8. The second-order valence-electron chi connectivity index (χ2n) is 4.99. The van der Waals surface area contributed by atoms with Gasteiger partial charge in [0, 0.05) is 17.1 Å². The summed E-state index contributed by atoms with van der Waals surface area (Å²) in [4.78, 5) is 8.53. The van der Waals surface area contributed by atoms with Gasteiger partial charge in [0.1, 0.15) is 16.7 Å². The SMILES string of the molecule is CCCOc1ccc2c(N)nc(-c3ccc(Cl)nc3)cc2c1. The van der Waals surface area contributed by atoms with E-state index < -0.39 is 0 Å². The fourth-order valence-electron chi connectivity index (χ4n) is 2.25. The van der Waals surface area contributed by atoms with E-state index in [9.17, 15) is 0 Å².